The molecule has 1 rings (SSSR count). The largest absolute Gasteiger partial charge is 0.444 e. The summed E-state index contributed by atoms with van der Waals surface area (Å²) in [5.41, 5.74) is 0.688. The molecule has 106 valence electrons. The lowest BCUT2D eigenvalue weighted by Gasteiger charge is -2.23. The maximum atomic E-state index is 13.8. The Hall–Kier alpha value is -1.10. The first-order valence-corrected chi connectivity index (χ1v) is 6.85. The van der Waals surface area contributed by atoms with E-state index in [0.29, 0.717) is 10.0 Å². The second-order valence-corrected chi connectivity index (χ2v) is 6.30. The average molecular weight is 332 g/mol. The molecule has 1 amide bonds. The maximum Gasteiger partial charge on any atom is 0.408 e. The van der Waals surface area contributed by atoms with Crippen LogP contribution in [-0.4, -0.2) is 11.7 Å². The van der Waals surface area contributed by atoms with Crippen LogP contribution in [0.5, 0.6) is 0 Å². The average Bonchev–Trinajstić information content (AvgIpc) is 2.23. The minimum Gasteiger partial charge on any atom is -0.444 e. The van der Waals surface area contributed by atoms with Gasteiger partial charge in [0, 0.05) is 0 Å². The van der Waals surface area contributed by atoms with E-state index < -0.39 is 11.7 Å². The first-order chi connectivity index (χ1) is 8.61. The Labute approximate surface area is 121 Å². The number of halogens is 2. The Morgan fingerprint density at radius 3 is 2.53 bits per heavy atom. The Morgan fingerprint density at radius 2 is 2.00 bits per heavy atom. The second kappa shape index (κ2) is 5.90. The summed E-state index contributed by atoms with van der Waals surface area (Å²) in [7, 11) is 0. The molecule has 0 saturated carbocycles. The molecule has 0 fully saturated rings. The smallest absolute Gasteiger partial charge is 0.408 e. The third-order valence-corrected chi connectivity index (χ3v) is 3.19. The lowest BCUT2D eigenvalue weighted by Crippen LogP contribution is -2.34. The number of hydrogen-bond acceptors (Lipinski definition) is 2. The summed E-state index contributed by atoms with van der Waals surface area (Å²) >= 11 is 3.13. The first kappa shape index (κ1) is 16.0. The van der Waals surface area contributed by atoms with Crippen LogP contribution in [0.25, 0.3) is 0 Å². The van der Waals surface area contributed by atoms with Crippen LogP contribution in [0.3, 0.4) is 0 Å². The van der Waals surface area contributed by atoms with Crippen molar-refractivity contribution in [1.29, 1.82) is 0 Å². The van der Waals surface area contributed by atoms with Gasteiger partial charge in [0.1, 0.15) is 11.4 Å². The fourth-order valence-electron chi connectivity index (χ4n) is 1.70. The monoisotopic (exact) mass is 331 g/mol. The van der Waals surface area contributed by atoms with Gasteiger partial charge in [-0.15, -0.1) is 0 Å². The Morgan fingerprint density at radius 1 is 1.42 bits per heavy atom. The Kier molecular flexibility index (Phi) is 4.96. The third kappa shape index (κ3) is 4.49. The summed E-state index contributed by atoms with van der Waals surface area (Å²) < 4.78 is 19.4. The fourth-order valence-corrected chi connectivity index (χ4v) is 2.13. The number of rotatable bonds is 2. The van der Waals surface area contributed by atoms with Gasteiger partial charge in [-0.05, 0) is 67.7 Å². The number of amides is 1. The maximum absolute atomic E-state index is 13.8. The van der Waals surface area contributed by atoms with Crippen LogP contribution in [0.4, 0.5) is 9.18 Å². The number of benzene rings is 1. The van der Waals surface area contributed by atoms with Gasteiger partial charge in [-0.1, -0.05) is 6.07 Å². The molecule has 3 nitrogen and oxygen atoms in total. The molecule has 0 heterocycles. The molecule has 1 atom stereocenters. The Balaban J connectivity index is 2.82. The molecule has 0 aliphatic carbocycles. The topological polar surface area (TPSA) is 38.3 Å². The summed E-state index contributed by atoms with van der Waals surface area (Å²) in [6.45, 7) is 8.85. The molecule has 0 bridgehead atoms. The lowest BCUT2D eigenvalue weighted by atomic mass is 10.0. The summed E-state index contributed by atoms with van der Waals surface area (Å²) in [6.07, 6.45) is -0.511. The van der Waals surface area contributed by atoms with E-state index in [0.717, 1.165) is 5.56 Å². The van der Waals surface area contributed by atoms with Crippen LogP contribution in [0.1, 0.15) is 44.9 Å². The molecule has 5 heteroatoms. The van der Waals surface area contributed by atoms with Crippen molar-refractivity contribution < 1.29 is 13.9 Å². The quantitative estimate of drug-likeness (QED) is 0.867. The van der Waals surface area contributed by atoms with Crippen molar-refractivity contribution in [1.82, 2.24) is 5.32 Å². The van der Waals surface area contributed by atoms with E-state index in [4.69, 9.17) is 4.74 Å². The van der Waals surface area contributed by atoms with E-state index in [2.05, 4.69) is 21.2 Å². The van der Waals surface area contributed by atoms with E-state index in [1.807, 2.05) is 0 Å². The SMILES string of the molecule is Cc1c(C(C)NC(=O)OC(C)(C)C)ccc(Br)c1F. The van der Waals surface area contributed by atoms with Gasteiger partial charge in [-0.2, -0.15) is 0 Å². The Bertz CT molecular complexity index is 483. The van der Waals surface area contributed by atoms with E-state index >= 15 is 0 Å². The molecular formula is C14H19BrFNO2. The molecule has 0 saturated heterocycles. The van der Waals surface area contributed by atoms with E-state index in [1.165, 1.54) is 0 Å². The van der Waals surface area contributed by atoms with Crippen LogP contribution >= 0.6 is 15.9 Å². The standard InChI is InChI=1S/C14H19BrFNO2/c1-8-10(6-7-11(15)12(8)16)9(2)17-13(18)19-14(3,4)5/h6-7,9H,1-5H3,(H,17,18). The normalized spacial score (nSPS) is 13.0. The van der Waals surface area contributed by atoms with Crippen LogP contribution < -0.4 is 5.32 Å². The van der Waals surface area contributed by atoms with Crippen LogP contribution in [0.2, 0.25) is 0 Å². The number of alkyl carbamates (subject to hydrolysis) is 1. The van der Waals surface area contributed by atoms with Gasteiger partial charge in [-0.25, -0.2) is 9.18 Å². The van der Waals surface area contributed by atoms with Crippen molar-refractivity contribution in [2.24, 2.45) is 0 Å². The zero-order chi connectivity index (χ0) is 14.8. The minimum atomic E-state index is -0.552. The van der Waals surface area contributed by atoms with Crippen molar-refractivity contribution in [2.45, 2.75) is 46.3 Å². The lowest BCUT2D eigenvalue weighted by molar-refractivity contribution is 0.0507. The van der Waals surface area contributed by atoms with Gasteiger partial charge in [0.25, 0.3) is 0 Å². The van der Waals surface area contributed by atoms with Crippen LogP contribution in [0.15, 0.2) is 16.6 Å². The molecule has 1 N–H and O–H groups in total. The van der Waals surface area contributed by atoms with Gasteiger partial charge >= 0.3 is 6.09 Å². The predicted molar refractivity (Wildman–Crippen MR) is 76.6 cm³/mol. The van der Waals surface area contributed by atoms with E-state index in [9.17, 15) is 9.18 Å². The van der Waals surface area contributed by atoms with Crippen LogP contribution in [-0.2, 0) is 4.74 Å². The summed E-state index contributed by atoms with van der Waals surface area (Å²) in [4.78, 5) is 11.7. The van der Waals surface area contributed by atoms with Crippen LogP contribution in [0, 0.1) is 12.7 Å². The molecule has 1 aromatic rings. The van der Waals surface area contributed by atoms with Crippen molar-refractivity contribution in [3.05, 3.63) is 33.5 Å². The number of carbonyl (C=O) groups excluding carboxylic acids is 1. The summed E-state index contributed by atoms with van der Waals surface area (Å²) in [6, 6.07) is 3.09. The molecule has 0 aromatic heterocycles. The van der Waals surface area contributed by atoms with Gasteiger partial charge in [0.2, 0.25) is 0 Å². The van der Waals surface area contributed by atoms with E-state index in [1.54, 1.807) is 46.8 Å². The number of nitrogens with one attached hydrogen (secondary N) is 1. The van der Waals surface area contributed by atoms with Crippen molar-refractivity contribution in [3.8, 4) is 0 Å². The van der Waals surface area contributed by atoms with Gasteiger partial charge < -0.3 is 10.1 Å². The fraction of sp³-hybridized carbons (Fsp3) is 0.500. The molecular weight excluding hydrogens is 313 g/mol. The third-order valence-electron chi connectivity index (χ3n) is 2.58. The van der Waals surface area contributed by atoms with Gasteiger partial charge in [0.15, 0.2) is 0 Å². The molecule has 0 aliphatic rings. The highest BCUT2D eigenvalue weighted by molar-refractivity contribution is 9.10. The van der Waals surface area contributed by atoms with E-state index in [-0.39, 0.29) is 11.9 Å². The zero-order valence-electron chi connectivity index (χ0n) is 11.8. The molecule has 1 unspecified atom stereocenters. The number of ether oxygens (including phenoxy) is 1. The molecule has 0 aliphatic heterocycles. The molecule has 0 spiro atoms. The second-order valence-electron chi connectivity index (χ2n) is 5.44. The molecule has 1 aromatic carbocycles. The zero-order valence-corrected chi connectivity index (χ0v) is 13.4. The van der Waals surface area contributed by atoms with Crippen molar-refractivity contribution in [2.75, 3.05) is 0 Å². The molecule has 0 radical (unpaired) electrons. The highest BCUT2D eigenvalue weighted by Gasteiger charge is 2.20. The van der Waals surface area contributed by atoms with Crippen molar-refractivity contribution in [3.63, 3.8) is 0 Å². The van der Waals surface area contributed by atoms with Crippen molar-refractivity contribution >= 4 is 22.0 Å². The highest BCUT2D eigenvalue weighted by Crippen LogP contribution is 2.25. The number of carbonyl (C=O) groups is 1. The first-order valence-electron chi connectivity index (χ1n) is 6.06. The minimum absolute atomic E-state index is 0.310. The summed E-state index contributed by atoms with van der Waals surface area (Å²) in [5, 5.41) is 2.70. The van der Waals surface area contributed by atoms with Gasteiger partial charge in [0.05, 0.1) is 10.5 Å². The summed E-state index contributed by atoms with van der Waals surface area (Å²) in [5.74, 6) is -0.310. The van der Waals surface area contributed by atoms with Gasteiger partial charge in [-0.3, -0.25) is 0 Å². The highest BCUT2D eigenvalue weighted by atomic mass is 79.9. The molecule has 19 heavy (non-hydrogen) atoms. The predicted octanol–water partition coefficient (Wildman–Crippen LogP) is 4.48. The number of hydrogen-bond donors (Lipinski definition) is 1.